The molecule has 0 bridgehead atoms. The van der Waals surface area contributed by atoms with Crippen molar-refractivity contribution in [3.8, 4) is 17.2 Å². The maximum atomic E-state index is 12.6. The number of ether oxygens (including phenoxy) is 2. The Bertz CT molecular complexity index is 917. The highest BCUT2D eigenvalue weighted by atomic mass is 16.5. The zero-order chi connectivity index (χ0) is 20.7. The molecule has 5 nitrogen and oxygen atoms in total. The van der Waals surface area contributed by atoms with E-state index in [2.05, 4.69) is 0 Å². The number of phenolic OH excluding ortho intramolecular Hbond substituents is 1. The van der Waals surface area contributed by atoms with Crippen molar-refractivity contribution in [1.29, 1.82) is 0 Å². The molecule has 0 saturated carbocycles. The number of benzene rings is 2. The molecule has 1 N–H and O–H groups in total. The lowest BCUT2D eigenvalue weighted by atomic mass is 10.0. The monoisotopic (exact) mass is 380 g/mol. The number of carbonyl (C=O) groups is 2. The highest BCUT2D eigenvalue weighted by Gasteiger charge is 2.16. The zero-order valence-corrected chi connectivity index (χ0v) is 16.5. The number of hydrogen-bond donors (Lipinski definition) is 1. The molecule has 0 heterocycles. The molecular weight excluding hydrogens is 356 g/mol. The number of allylic oxidation sites excluding steroid dienone is 3. The standard InChI is InChI=1S/C23H24O5/c1-15(2)5-11-20-22(27-4)14-12-19(23(20)26)21(25)13-8-17-6-9-18(10-7-17)28-16(3)24/h5-10,12-14,26H,11H2,1-4H3/b13-8+. The van der Waals surface area contributed by atoms with Crippen LogP contribution in [-0.4, -0.2) is 24.0 Å². The zero-order valence-electron chi connectivity index (χ0n) is 16.5. The quantitative estimate of drug-likeness (QED) is 0.247. The van der Waals surface area contributed by atoms with E-state index >= 15 is 0 Å². The first-order chi connectivity index (χ1) is 13.3. The van der Waals surface area contributed by atoms with E-state index in [1.54, 1.807) is 42.5 Å². The third-order valence-electron chi connectivity index (χ3n) is 4.01. The van der Waals surface area contributed by atoms with Crippen LogP contribution in [0, 0.1) is 0 Å². The van der Waals surface area contributed by atoms with Crippen LogP contribution in [0.4, 0.5) is 0 Å². The predicted octanol–water partition coefficient (Wildman–Crippen LogP) is 4.73. The van der Waals surface area contributed by atoms with E-state index < -0.39 is 5.97 Å². The Kier molecular flexibility index (Phi) is 7.15. The topological polar surface area (TPSA) is 72.8 Å². The first-order valence-electron chi connectivity index (χ1n) is 8.85. The molecule has 0 aromatic heterocycles. The van der Waals surface area contributed by atoms with Gasteiger partial charge < -0.3 is 14.6 Å². The Morgan fingerprint density at radius 3 is 2.29 bits per heavy atom. The van der Waals surface area contributed by atoms with Gasteiger partial charge in [0.1, 0.15) is 17.2 Å². The third kappa shape index (κ3) is 5.58. The summed E-state index contributed by atoms with van der Waals surface area (Å²) in [4.78, 5) is 23.5. The van der Waals surface area contributed by atoms with Crippen LogP contribution >= 0.6 is 0 Å². The van der Waals surface area contributed by atoms with Gasteiger partial charge in [-0.3, -0.25) is 9.59 Å². The fraction of sp³-hybridized carbons (Fsp3) is 0.217. The number of carbonyl (C=O) groups excluding carboxylic acids is 2. The number of methoxy groups -OCH3 is 1. The molecule has 0 atom stereocenters. The molecule has 0 spiro atoms. The normalized spacial score (nSPS) is 10.6. The van der Waals surface area contributed by atoms with Crippen LogP contribution in [0.15, 0.2) is 54.1 Å². The summed E-state index contributed by atoms with van der Waals surface area (Å²) in [5.74, 6) is 0.195. The molecule has 0 aliphatic heterocycles. The van der Waals surface area contributed by atoms with E-state index in [0.29, 0.717) is 23.5 Å². The molecule has 0 radical (unpaired) electrons. The summed E-state index contributed by atoms with van der Waals surface area (Å²) in [5, 5.41) is 10.6. The van der Waals surface area contributed by atoms with Crippen molar-refractivity contribution in [2.45, 2.75) is 27.2 Å². The Labute approximate surface area is 164 Å². The summed E-state index contributed by atoms with van der Waals surface area (Å²) < 4.78 is 10.3. The van der Waals surface area contributed by atoms with E-state index in [1.165, 1.54) is 20.1 Å². The van der Waals surface area contributed by atoms with Crippen molar-refractivity contribution >= 4 is 17.8 Å². The van der Waals surface area contributed by atoms with Gasteiger partial charge in [-0.15, -0.1) is 0 Å². The van der Waals surface area contributed by atoms with Gasteiger partial charge >= 0.3 is 5.97 Å². The average molecular weight is 380 g/mol. The van der Waals surface area contributed by atoms with Gasteiger partial charge in [-0.05, 0) is 56.2 Å². The highest BCUT2D eigenvalue weighted by Crippen LogP contribution is 2.33. The SMILES string of the molecule is COc1ccc(C(=O)/C=C/c2ccc(OC(C)=O)cc2)c(O)c1CC=C(C)C. The number of esters is 1. The van der Waals surface area contributed by atoms with Crippen molar-refractivity contribution < 1.29 is 24.2 Å². The second-order valence-electron chi connectivity index (χ2n) is 6.49. The van der Waals surface area contributed by atoms with Crippen molar-refractivity contribution in [2.75, 3.05) is 7.11 Å². The second kappa shape index (κ2) is 9.55. The molecule has 2 rings (SSSR count). The number of rotatable bonds is 7. The van der Waals surface area contributed by atoms with Gasteiger partial charge in [-0.25, -0.2) is 0 Å². The van der Waals surface area contributed by atoms with Gasteiger partial charge in [0.25, 0.3) is 0 Å². The van der Waals surface area contributed by atoms with Gasteiger partial charge in [-0.1, -0.05) is 29.9 Å². The fourth-order valence-corrected chi connectivity index (χ4v) is 2.59. The van der Waals surface area contributed by atoms with Crippen molar-refractivity contribution in [3.05, 3.63) is 70.8 Å². The predicted molar refractivity (Wildman–Crippen MR) is 109 cm³/mol. The van der Waals surface area contributed by atoms with Crippen molar-refractivity contribution in [2.24, 2.45) is 0 Å². The van der Waals surface area contributed by atoms with Gasteiger partial charge in [0.15, 0.2) is 5.78 Å². The summed E-state index contributed by atoms with van der Waals surface area (Å²) >= 11 is 0. The van der Waals surface area contributed by atoms with Gasteiger partial charge in [0.05, 0.1) is 12.7 Å². The summed E-state index contributed by atoms with van der Waals surface area (Å²) in [6, 6.07) is 9.99. The summed E-state index contributed by atoms with van der Waals surface area (Å²) in [5.41, 5.74) is 2.66. The van der Waals surface area contributed by atoms with Gasteiger partial charge in [0.2, 0.25) is 0 Å². The largest absolute Gasteiger partial charge is 0.507 e. The number of hydrogen-bond acceptors (Lipinski definition) is 5. The van der Waals surface area contributed by atoms with Crippen molar-refractivity contribution in [1.82, 2.24) is 0 Å². The van der Waals surface area contributed by atoms with Crippen LogP contribution in [-0.2, 0) is 11.2 Å². The minimum atomic E-state index is -0.391. The second-order valence-corrected chi connectivity index (χ2v) is 6.49. The first-order valence-corrected chi connectivity index (χ1v) is 8.85. The Morgan fingerprint density at radius 1 is 1.04 bits per heavy atom. The Hall–Kier alpha value is -3.34. The van der Waals surface area contributed by atoms with Gasteiger partial charge in [0, 0.05) is 12.5 Å². The number of aromatic hydroxyl groups is 1. The molecule has 0 aliphatic carbocycles. The van der Waals surface area contributed by atoms with Crippen LogP contribution in [0.25, 0.3) is 6.08 Å². The lowest BCUT2D eigenvalue weighted by molar-refractivity contribution is -0.131. The molecular formula is C23H24O5. The lowest BCUT2D eigenvalue weighted by Crippen LogP contribution is -2.01. The molecule has 28 heavy (non-hydrogen) atoms. The Balaban J connectivity index is 2.23. The maximum Gasteiger partial charge on any atom is 0.308 e. The molecule has 0 amide bonds. The van der Waals surface area contributed by atoms with E-state index in [4.69, 9.17) is 9.47 Å². The van der Waals surface area contributed by atoms with E-state index in [0.717, 1.165) is 11.1 Å². The van der Waals surface area contributed by atoms with Crippen LogP contribution in [0.5, 0.6) is 17.2 Å². The van der Waals surface area contributed by atoms with Crippen LogP contribution < -0.4 is 9.47 Å². The average Bonchev–Trinajstić information content (AvgIpc) is 2.65. The molecule has 0 fully saturated rings. The summed E-state index contributed by atoms with van der Waals surface area (Å²) in [6.45, 7) is 5.27. The molecule has 2 aromatic rings. The molecule has 146 valence electrons. The van der Waals surface area contributed by atoms with E-state index in [1.807, 2.05) is 19.9 Å². The van der Waals surface area contributed by atoms with Gasteiger partial charge in [-0.2, -0.15) is 0 Å². The van der Waals surface area contributed by atoms with Crippen LogP contribution in [0.3, 0.4) is 0 Å². The van der Waals surface area contributed by atoms with Crippen LogP contribution in [0.2, 0.25) is 0 Å². The molecule has 0 aliphatic rings. The third-order valence-corrected chi connectivity index (χ3v) is 4.01. The lowest BCUT2D eigenvalue weighted by Gasteiger charge is -2.12. The molecule has 2 aromatic carbocycles. The summed E-state index contributed by atoms with van der Waals surface area (Å²) in [6.07, 6.45) is 5.47. The number of ketones is 1. The van der Waals surface area contributed by atoms with Crippen LogP contribution in [0.1, 0.15) is 42.3 Å². The highest BCUT2D eigenvalue weighted by molar-refractivity contribution is 6.09. The number of phenols is 1. The Morgan fingerprint density at radius 2 is 1.71 bits per heavy atom. The smallest absolute Gasteiger partial charge is 0.308 e. The van der Waals surface area contributed by atoms with E-state index in [-0.39, 0.29) is 17.1 Å². The van der Waals surface area contributed by atoms with E-state index in [9.17, 15) is 14.7 Å². The summed E-state index contributed by atoms with van der Waals surface area (Å²) in [7, 11) is 1.53. The molecule has 0 unspecified atom stereocenters. The first kappa shape index (κ1) is 21.0. The maximum absolute atomic E-state index is 12.6. The fourth-order valence-electron chi connectivity index (χ4n) is 2.59. The molecule has 0 saturated heterocycles. The minimum absolute atomic E-state index is 0.0725. The van der Waals surface area contributed by atoms with Crippen molar-refractivity contribution in [3.63, 3.8) is 0 Å². The molecule has 5 heteroatoms. The minimum Gasteiger partial charge on any atom is -0.507 e.